The van der Waals surface area contributed by atoms with E-state index in [2.05, 4.69) is 22.0 Å². The van der Waals surface area contributed by atoms with Gasteiger partial charge in [-0.1, -0.05) is 41.9 Å². The molecule has 3 N–H and O–H groups in total. The van der Waals surface area contributed by atoms with Crippen LogP contribution in [-0.2, 0) is 11.3 Å². The number of benzene rings is 3. The molecule has 0 aliphatic carbocycles. The van der Waals surface area contributed by atoms with Crippen LogP contribution in [0.3, 0.4) is 0 Å². The van der Waals surface area contributed by atoms with Crippen molar-refractivity contribution in [1.29, 1.82) is 0 Å². The third kappa shape index (κ3) is 5.21. The maximum absolute atomic E-state index is 11.1. The Bertz CT molecular complexity index is 1270. The number of halogens is 1. The van der Waals surface area contributed by atoms with Gasteiger partial charge in [0.1, 0.15) is 5.82 Å². The van der Waals surface area contributed by atoms with Gasteiger partial charge >= 0.3 is 0 Å². The molecule has 0 fully saturated rings. The van der Waals surface area contributed by atoms with Crippen LogP contribution < -0.4 is 20.5 Å². The van der Waals surface area contributed by atoms with Crippen molar-refractivity contribution in [1.82, 2.24) is 9.55 Å². The van der Waals surface area contributed by atoms with E-state index in [-0.39, 0.29) is 12.6 Å². The molecule has 8 heteroatoms. The molecule has 1 atom stereocenters. The third-order valence-electron chi connectivity index (χ3n) is 5.23. The van der Waals surface area contributed by atoms with Gasteiger partial charge in [0, 0.05) is 23.3 Å². The number of carbonyl (C=O) groups excluding carboxylic acids is 1. The fourth-order valence-electron chi connectivity index (χ4n) is 3.73. The second kappa shape index (κ2) is 9.83. The molecule has 3 aromatic carbocycles. The molecule has 33 heavy (non-hydrogen) atoms. The molecule has 0 spiro atoms. The number of imidazole rings is 1. The number of hydrogen-bond acceptors (Lipinski definition) is 5. The SMILES string of the molecule is COc1ccc(NC(C)c2nc3cc(Cl)ccc3n2Cc2ccccc2)cc1OCC(N)=O. The summed E-state index contributed by atoms with van der Waals surface area (Å²) >= 11 is 6.22. The number of nitrogens with two attached hydrogens (primary N) is 1. The minimum Gasteiger partial charge on any atom is -0.493 e. The van der Waals surface area contributed by atoms with Crippen molar-refractivity contribution in [2.24, 2.45) is 5.73 Å². The number of ether oxygens (including phenoxy) is 2. The first-order valence-electron chi connectivity index (χ1n) is 10.5. The van der Waals surface area contributed by atoms with E-state index in [0.29, 0.717) is 23.1 Å². The zero-order valence-corrected chi connectivity index (χ0v) is 19.2. The maximum atomic E-state index is 11.1. The molecule has 4 rings (SSSR count). The van der Waals surface area contributed by atoms with Crippen LogP contribution in [-0.4, -0.2) is 29.2 Å². The molecule has 0 bridgehead atoms. The predicted molar refractivity (Wildman–Crippen MR) is 130 cm³/mol. The van der Waals surface area contributed by atoms with Crippen LogP contribution in [0.5, 0.6) is 11.5 Å². The molecule has 0 aliphatic rings. The summed E-state index contributed by atoms with van der Waals surface area (Å²) in [6.45, 7) is 2.48. The number of carbonyl (C=O) groups is 1. The number of methoxy groups -OCH3 is 1. The van der Waals surface area contributed by atoms with Crippen molar-refractivity contribution in [3.63, 3.8) is 0 Å². The van der Waals surface area contributed by atoms with E-state index < -0.39 is 5.91 Å². The molecule has 0 saturated carbocycles. The van der Waals surface area contributed by atoms with Crippen LogP contribution in [0.1, 0.15) is 24.4 Å². The second-order valence-corrected chi connectivity index (χ2v) is 8.10. The Morgan fingerprint density at radius 2 is 1.91 bits per heavy atom. The zero-order valence-electron chi connectivity index (χ0n) is 18.4. The molecule has 0 aliphatic heterocycles. The lowest BCUT2D eigenvalue weighted by Gasteiger charge is -2.19. The average Bonchev–Trinajstić information content (AvgIpc) is 3.15. The van der Waals surface area contributed by atoms with Crippen molar-refractivity contribution in [2.45, 2.75) is 19.5 Å². The average molecular weight is 465 g/mol. The van der Waals surface area contributed by atoms with Gasteiger partial charge in [0.15, 0.2) is 18.1 Å². The summed E-state index contributed by atoms with van der Waals surface area (Å²) in [5.41, 5.74) is 9.02. The maximum Gasteiger partial charge on any atom is 0.255 e. The number of primary amides is 1. The fraction of sp³-hybridized carbons (Fsp3) is 0.200. The van der Waals surface area contributed by atoms with E-state index in [0.717, 1.165) is 22.5 Å². The van der Waals surface area contributed by atoms with Crippen LogP contribution in [0.4, 0.5) is 5.69 Å². The Balaban J connectivity index is 1.66. The number of nitrogens with one attached hydrogen (secondary N) is 1. The monoisotopic (exact) mass is 464 g/mol. The molecule has 4 aromatic rings. The van der Waals surface area contributed by atoms with Gasteiger partial charge in [-0.25, -0.2) is 4.98 Å². The highest BCUT2D eigenvalue weighted by molar-refractivity contribution is 6.31. The number of fused-ring (bicyclic) bond motifs is 1. The summed E-state index contributed by atoms with van der Waals surface area (Å²) in [5, 5.41) is 4.12. The van der Waals surface area contributed by atoms with Gasteiger partial charge in [0.2, 0.25) is 0 Å². The van der Waals surface area contributed by atoms with Gasteiger partial charge in [-0.15, -0.1) is 0 Å². The van der Waals surface area contributed by atoms with E-state index >= 15 is 0 Å². The summed E-state index contributed by atoms with van der Waals surface area (Å²) in [6, 6.07) is 21.3. The zero-order chi connectivity index (χ0) is 23.4. The first-order chi connectivity index (χ1) is 15.9. The molecule has 1 amide bonds. The number of nitrogens with zero attached hydrogens (tertiary/aromatic N) is 2. The van der Waals surface area contributed by atoms with Gasteiger partial charge in [-0.3, -0.25) is 4.79 Å². The van der Waals surface area contributed by atoms with E-state index in [1.807, 2.05) is 49.4 Å². The molecule has 0 saturated heterocycles. The Hall–Kier alpha value is -3.71. The Kier molecular flexibility index (Phi) is 6.70. The largest absolute Gasteiger partial charge is 0.493 e. The lowest BCUT2D eigenvalue weighted by molar-refractivity contribution is -0.119. The Labute approximate surface area is 197 Å². The van der Waals surface area contributed by atoms with Crippen LogP contribution >= 0.6 is 11.6 Å². The van der Waals surface area contributed by atoms with Gasteiger partial charge in [-0.2, -0.15) is 0 Å². The number of aromatic nitrogens is 2. The first-order valence-corrected chi connectivity index (χ1v) is 10.9. The van der Waals surface area contributed by atoms with Crippen molar-refractivity contribution in [3.8, 4) is 11.5 Å². The second-order valence-electron chi connectivity index (χ2n) is 7.66. The normalized spacial score (nSPS) is 11.8. The number of hydrogen-bond donors (Lipinski definition) is 2. The molecule has 1 heterocycles. The van der Waals surface area contributed by atoms with Crippen molar-refractivity contribution in [2.75, 3.05) is 19.0 Å². The quantitative estimate of drug-likeness (QED) is 0.372. The fourth-order valence-corrected chi connectivity index (χ4v) is 3.89. The van der Waals surface area contributed by atoms with Crippen LogP contribution in [0, 0.1) is 0 Å². The molecule has 170 valence electrons. The third-order valence-corrected chi connectivity index (χ3v) is 5.46. The van der Waals surface area contributed by atoms with Crippen LogP contribution in [0.2, 0.25) is 5.02 Å². The topological polar surface area (TPSA) is 91.4 Å². The minimum absolute atomic E-state index is 0.141. The molecule has 7 nitrogen and oxygen atoms in total. The molecular formula is C25H25ClN4O3. The molecule has 1 aromatic heterocycles. The van der Waals surface area contributed by atoms with Crippen molar-refractivity contribution in [3.05, 3.63) is 83.1 Å². The summed E-state index contributed by atoms with van der Waals surface area (Å²) in [5.74, 6) is 1.25. The van der Waals surface area contributed by atoms with Crippen molar-refractivity contribution < 1.29 is 14.3 Å². The highest BCUT2D eigenvalue weighted by Gasteiger charge is 2.18. The van der Waals surface area contributed by atoms with E-state index in [9.17, 15) is 4.79 Å². The lowest BCUT2D eigenvalue weighted by atomic mass is 10.2. The van der Waals surface area contributed by atoms with E-state index in [1.165, 1.54) is 5.56 Å². The van der Waals surface area contributed by atoms with Gasteiger partial charge in [0.05, 0.1) is 24.2 Å². The van der Waals surface area contributed by atoms with Gasteiger partial charge in [-0.05, 0) is 42.8 Å². The summed E-state index contributed by atoms with van der Waals surface area (Å²) in [7, 11) is 1.54. The van der Waals surface area contributed by atoms with E-state index in [4.69, 9.17) is 31.8 Å². The lowest BCUT2D eigenvalue weighted by Crippen LogP contribution is -2.20. The molecular weight excluding hydrogens is 440 g/mol. The number of anilines is 1. The van der Waals surface area contributed by atoms with Crippen LogP contribution in [0.25, 0.3) is 11.0 Å². The minimum atomic E-state index is -0.558. The highest BCUT2D eigenvalue weighted by Crippen LogP contribution is 2.32. The van der Waals surface area contributed by atoms with Crippen molar-refractivity contribution >= 4 is 34.2 Å². The number of amides is 1. The highest BCUT2D eigenvalue weighted by atomic mass is 35.5. The van der Waals surface area contributed by atoms with Gasteiger partial charge < -0.3 is 25.1 Å². The van der Waals surface area contributed by atoms with Crippen LogP contribution in [0.15, 0.2) is 66.7 Å². The first kappa shape index (κ1) is 22.5. The molecule has 0 radical (unpaired) electrons. The van der Waals surface area contributed by atoms with E-state index in [1.54, 1.807) is 19.2 Å². The Morgan fingerprint density at radius 3 is 2.64 bits per heavy atom. The summed E-state index contributed by atoms with van der Waals surface area (Å²) in [6.07, 6.45) is 0. The number of rotatable bonds is 9. The predicted octanol–water partition coefficient (Wildman–Crippen LogP) is 4.78. The summed E-state index contributed by atoms with van der Waals surface area (Å²) < 4.78 is 13.0. The standard InChI is InChI=1S/C25H25ClN4O3/c1-16(28-19-9-11-22(32-2)23(13-19)33-15-24(27)31)25-29-20-12-18(26)8-10-21(20)30(25)14-17-6-4-3-5-7-17/h3-13,16,28H,14-15H2,1-2H3,(H2,27,31). The summed E-state index contributed by atoms with van der Waals surface area (Å²) in [4.78, 5) is 16.0. The van der Waals surface area contributed by atoms with Gasteiger partial charge in [0.25, 0.3) is 5.91 Å². The smallest absolute Gasteiger partial charge is 0.255 e. The Morgan fingerprint density at radius 1 is 1.12 bits per heavy atom. The molecule has 1 unspecified atom stereocenters.